The SMILES string of the molecule is Cc1c(C(=O)O)ccc2c1CC[C@@H]2NC(=O)c1cc(C(=O)NCc2ccc(F)c(NS(C)(=O)=O)c2)nc2c(F)cnn12. The fourth-order valence-corrected chi connectivity index (χ4v) is 5.50. The normalized spacial score (nSPS) is 14.4. The van der Waals surface area contributed by atoms with Crippen LogP contribution < -0.4 is 15.4 Å². The smallest absolute Gasteiger partial charge is 0.335 e. The standard InChI is InChI=1S/C27H24F2N6O6S/c1-13-15-6-8-20(17(15)5-4-16(13)27(38)39)33-26(37)23-10-22(32-24-19(29)12-31-35(23)24)25(36)30-11-14-3-7-18(28)21(9-14)34-42(2,40)41/h3-5,7,9-10,12,20,34H,6,8,11H2,1-2H3,(H,30,36)(H,33,37)(H,38,39)/t20-/m0/s1. The first kappa shape index (κ1) is 28.6. The first-order valence-corrected chi connectivity index (χ1v) is 14.5. The van der Waals surface area contributed by atoms with Crippen LogP contribution in [0.1, 0.15) is 66.1 Å². The number of carboxylic acids is 1. The molecule has 0 aliphatic heterocycles. The minimum Gasteiger partial charge on any atom is -0.478 e. The van der Waals surface area contributed by atoms with Crippen LogP contribution in [0.3, 0.4) is 0 Å². The number of hydrogen-bond acceptors (Lipinski definition) is 7. The summed E-state index contributed by atoms with van der Waals surface area (Å²) < 4.78 is 54.5. The molecule has 0 unspecified atom stereocenters. The summed E-state index contributed by atoms with van der Waals surface area (Å²) in [5.74, 6) is -4.16. The lowest BCUT2D eigenvalue weighted by Gasteiger charge is -2.16. The first-order valence-electron chi connectivity index (χ1n) is 12.6. The largest absolute Gasteiger partial charge is 0.478 e. The molecule has 2 amide bonds. The second-order valence-corrected chi connectivity index (χ2v) is 11.5. The maximum Gasteiger partial charge on any atom is 0.335 e. The van der Waals surface area contributed by atoms with E-state index >= 15 is 0 Å². The van der Waals surface area contributed by atoms with Crippen molar-refractivity contribution in [1.82, 2.24) is 25.2 Å². The highest BCUT2D eigenvalue weighted by Crippen LogP contribution is 2.35. The summed E-state index contributed by atoms with van der Waals surface area (Å²) in [4.78, 5) is 41.9. The molecule has 0 bridgehead atoms. The lowest BCUT2D eigenvalue weighted by atomic mass is 9.98. The monoisotopic (exact) mass is 598 g/mol. The second-order valence-electron chi connectivity index (χ2n) is 9.80. The van der Waals surface area contributed by atoms with Crippen molar-refractivity contribution in [3.63, 3.8) is 0 Å². The van der Waals surface area contributed by atoms with Gasteiger partial charge in [-0.05, 0) is 60.2 Å². The molecule has 4 aromatic rings. The topological polar surface area (TPSA) is 172 Å². The van der Waals surface area contributed by atoms with Crippen molar-refractivity contribution in [2.45, 2.75) is 32.4 Å². The number of benzene rings is 2. The fourth-order valence-electron chi connectivity index (χ4n) is 4.94. The molecule has 0 saturated heterocycles. The summed E-state index contributed by atoms with van der Waals surface area (Å²) in [5, 5.41) is 18.7. The molecule has 42 heavy (non-hydrogen) atoms. The molecule has 1 aliphatic rings. The van der Waals surface area contributed by atoms with Gasteiger partial charge in [0.05, 0.1) is 29.7 Å². The van der Waals surface area contributed by atoms with Crippen LogP contribution in [-0.4, -0.2) is 52.2 Å². The van der Waals surface area contributed by atoms with Gasteiger partial charge in [-0.15, -0.1) is 0 Å². The number of halogens is 2. The first-order chi connectivity index (χ1) is 19.8. The van der Waals surface area contributed by atoms with Gasteiger partial charge in [0.2, 0.25) is 10.0 Å². The van der Waals surface area contributed by atoms with Gasteiger partial charge in [-0.2, -0.15) is 5.10 Å². The Labute approximate surface area is 237 Å². The number of sulfonamides is 1. The number of nitrogens with one attached hydrogen (secondary N) is 3. The molecule has 2 heterocycles. The Bertz CT molecular complexity index is 1890. The van der Waals surface area contributed by atoms with E-state index in [0.29, 0.717) is 24.0 Å². The van der Waals surface area contributed by atoms with Gasteiger partial charge in [-0.3, -0.25) is 14.3 Å². The Morgan fingerprint density at radius 2 is 1.86 bits per heavy atom. The van der Waals surface area contributed by atoms with E-state index in [1.807, 2.05) is 4.72 Å². The molecular weight excluding hydrogens is 574 g/mol. The van der Waals surface area contributed by atoms with Crippen LogP contribution in [0, 0.1) is 18.6 Å². The van der Waals surface area contributed by atoms with Crippen LogP contribution >= 0.6 is 0 Å². The van der Waals surface area contributed by atoms with Crippen LogP contribution in [0.15, 0.2) is 42.6 Å². The van der Waals surface area contributed by atoms with Crippen molar-refractivity contribution >= 4 is 39.1 Å². The zero-order valence-electron chi connectivity index (χ0n) is 22.2. The van der Waals surface area contributed by atoms with E-state index in [2.05, 4.69) is 20.7 Å². The van der Waals surface area contributed by atoms with Gasteiger partial charge in [-0.1, -0.05) is 12.1 Å². The van der Waals surface area contributed by atoms with Gasteiger partial charge in [0.15, 0.2) is 11.5 Å². The molecule has 0 spiro atoms. The Morgan fingerprint density at radius 3 is 2.57 bits per heavy atom. The molecule has 218 valence electrons. The summed E-state index contributed by atoms with van der Waals surface area (Å²) in [7, 11) is -3.75. The molecule has 1 atom stereocenters. The van der Waals surface area contributed by atoms with E-state index in [1.165, 1.54) is 18.2 Å². The maximum atomic E-state index is 14.5. The molecule has 4 N–H and O–H groups in total. The van der Waals surface area contributed by atoms with Gasteiger partial charge in [0.25, 0.3) is 11.8 Å². The van der Waals surface area contributed by atoms with Gasteiger partial charge < -0.3 is 15.7 Å². The molecule has 0 radical (unpaired) electrons. The van der Waals surface area contributed by atoms with E-state index in [0.717, 1.165) is 40.2 Å². The minimum atomic E-state index is -3.75. The van der Waals surface area contributed by atoms with Crippen molar-refractivity contribution in [1.29, 1.82) is 0 Å². The number of hydrogen-bond donors (Lipinski definition) is 4. The van der Waals surface area contributed by atoms with Crippen LogP contribution in [-0.2, 0) is 23.0 Å². The number of carbonyl (C=O) groups excluding carboxylic acids is 2. The summed E-state index contributed by atoms with van der Waals surface area (Å²) in [6.45, 7) is 1.55. The average Bonchev–Trinajstić information content (AvgIpc) is 3.51. The molecule has 0 fully saturated rings. The predicted octanol–water partition coefficient (Wildman–Crippen LogP) is 2.73. The summed E-state index contributed by atoms with van der Waals surface area (Å²) in [6, 6.07) is 7.43. The predicted molar refractivity (Wildman–Crippen MR) is 146 cm³/mol. The van der Waals surface area contributed by atoms with Gasteiger partial charge in [0.1, 0.15) is 17.2 Å². The highest BCUT2D eigenvalue weighted by molar-refractivity contribution is 7.92. The van der Waals surface area contributed by atoms with E-state index in [4.69, 9.17) is 0 Å². The van der Waals surface area contributed by atoms with E-state index < -0.39 is 45.5 Å². The Balaban J connectivity index is 1.38. The zero-order valence-corrected chi connectivity index (χ0v) is 23.1. The zero-order chi connectivity index (χ0) is 30.3. The van der Waals surface area contributed by atoms with Crippen molar-refractivity contribution in [3.8, 4) is 0 Å². The third-order valence-electron chi connectivity index (χ3n) is 6.90. The molecule has 5 rings (SSSR count). The van der Waals surface area contributed by atoms with Gasteiger partial charge >= 0.3 is 5.97 Å². The number of nitrogens with zero attached hydrogens (tertiary/aromatic N) is 3. The summed E-state index contributed by atoms with van der Waals surface area (Å²) in [6.07, 6.45) is 2.78. The third-order valence-corrected chi connectivity index (χ3v) is 7.49. The third kappa shape index (κ3) is 5.63. The van der Waals surface area contributed by atoms with Gasteiger partial charge in [0, 0.05) is 12.6 Å². The van der Waals surface area contributed by atoms with Crippen LogP contribution in [0.4, 0.5) is 14.5 Å². The van der Waals surface area contributed by atoms with Crippen molar-refractivity contribution in [2.24, 2.45) is 0 Å². The Morgan fingerprint density at radius 1 is 1.10 bits per heavy atom. The molecule has 15 heteroatoms. The minimum absolute atomic E-state index is 0.162. The van der Waals surface area contributed by atoms with Crippen molar-refractivity contribution < 1.29 is 36.7 Å². The number of aromatic nitrogens is 3. The van der Waals surface area contributed by atoms with Crippen LogP contribution in [0.5, 0.6) is 0 Å². The van der Waals surface area contributed by atoms with Gasteiger partial charge in [-0.25, -0.2) is 31.5 Å². The maximum absolute atomic E-state index is 14.5. The van der Waals surface area contributed by atoms with E-state index in [1.54, 1.807) is 13.0 Å². The van der Waals surface area contributed by atoms with Crippen LogP contribution in [0.2, 0.25) is 0 Å². The highest BCUT2D eigenvalue weighted by Gasteiger charge is 2.29. The average molecular weight is 599 g/mol. The fraction of sp³-hybridized carbons (Fsp3) is 0.222. The second kappa shape index (κ2) is 10.8. The van der Waals surface area contributed by atoms with E-state index in [9.17, 15) is 36.7 Å². The van der Waals surface area contributed by atoms with Crippen molar-refractivity contribution in [3.05, 3.63) is 93.4 Å². The quantitative estimate of drug-likeness (QED) is 0.240. The molecule has 1 aliphatic carbocycles. The molecule has 2 aromatic heterocycles. The molecule has 0 saturated carbocycles. The number of fused-ring (bicyclic) bond motifs is 2. The molecular formula is C27H24F2N6O6S. The molecule has 12 nitrogen and oxygen atoms in total. The molecule has 2 aromatic carbocycles. The number of anilines is 1. The van der Waals surface area contributed by atoms with Crippen LogP contribution in [0.25, 0.3) is 5.65 Å². The Kier molecular flexibility index (Phi) is 7.36. The number of rotatable bonds is 8. The summed E-state index contributed by atoms with van der Waals surface area (Å²) in [5.41, 5.74) is 1.65. The van der Waals surface area contributed by atoms with Crippen molar-refractivity contribution in [2.75, 3.05) is 11.0 Å². The number of aromatic carboxylic acids is 1. The number of carbonyl (C=O) groups is 3. The van der Waals surface area contributed by atoms with E-state index in [-0.39, 0.29) is 34.8 Å². The highest BCUT2D eigenvalue weighted by atomic mass is 32.2. The number of carboxylic acid groups (broad SMARTS) is 1. The Hall–Kier alpha value is -4.92. The lowest BCUT2D eigenvalue weighted by molar-refractivity contribution is 0.0695. The lowest BCUT2D eigenvalue weighted by Crippen LogP contribution is -2.30. The summed E-state index contributed by atoms with van der Waals surface area (Å²) >= 11 is 0. The number of amides is 2.